The van der Waals surface area contributed by atoms with Gasteiger partial charge in [0.1, 0.15) is 5.82 Å². The molecule has 1 aliphatic heterocycles. The van der Waals surface area contributed by atoms with Gasteiger partial charge in [0.2, 0.25) is 0 Å². The maximum absolute atomic E-state index is 13.9. The molecule has 0 aliphatic carbocycles. The zero-order valence-electron chi connectivity index (χ0n) is 10.1. The molecule has 1 atom stereocenters. The largest absolute Gasteiger partial charge is 0.314 e. The molecule has 1 aliphatic rings. The molecule has 1 saturated heterocycles. The van der Waals surface area contributed by atoms with Crippen LogP contribution in [0.5, 0.6) is 0 Å². The number of piperazine rings is 1. The molecule has 0 bridgehead atoms. The summed E-state index contributed by atoms with van der Waals surface area (Å²) in [7, 11) is 0. The predicted molar refractivity (Wildman–Crippen MR) is 71.9 cm³/mol. The molecular formula is C13H17BrF2N2. The first-order valence-electron chi connectivity index (χ1n) is 6.18. The Morgan fingerprint density at radius 3 is 2.72 bits per heavy atom. The lowest BCUT2D eigenvalue weighted by atomic mass is 10.0. The molecule has 0 spiro atoms. The van der Waals surface area contributed by atoms with Crippen LogP contribution in [0.25, 0.3) is 0 Å². The summed E-state index contributed by atoms with van der Waals surface area (Å²) in [5.41, 5.74) is 0.587. The molecule has 1 aromatic rings. The van der Waals surface area contributed by atoms with E-state index in [0.717, 1.165) is 30.7 Å². The first-order chi connectivity index (χ1) is 8.72. The van der Waals surface area contributed by atoms with Gasteiger partial charge in [0.05, 0.1) is 6.67 Å². The van der Waals surface area contributed by atoms with E-state index in [1.807, 2.05) is 0 Å². The lowest BCUT2D eigenvalue weighted by molar-refractivity contribution is 0.154. The van der Waals surface area contributed by atoms with E-state index in [1.165, 1.54) is 6.07 Å². The second-order valence-corrected chi connectivity index (χ2v) is 5.36. The molecule has 1 fully saturated rings. The second-order valence-electron chi connectivity index (χ2n) is 4.45. The Balaban J connectivity index is 2.24. The van der Waals surface area contributed by atoms with E-state index >= 15 is 0 Å². The fourth-order valence-corrected chi connectivity index (χ4v) is 2.78. The van der Waals surface area contributed by atoms with Gasteiger partial charge in [-0.25, -0.2) is 4.39 Å². The topological polar surface area (TPSA) is 15.3 Å². The van der Waals surface area contributed by atoms with Gasteiger partial charge >= 0.3 is 0 Å². The Morgan fingerprint density at radius 2 is 2.06 bits per heavy atom. The summed E-state index contributed by atoms with van der Waals surface area (Å²) in [4.78, 5) is 2.15. The van der Waals surface area contributed by atoms with E-state index in [-0.39, 0.29) is 11.9 Å². The van der Waals surface area contributed by atoms with E-state index in [0.29, 0.717) is 12.0 Å². The van der Waals surface area contributed by atoms with Gasteiger partial charge in [-0.05, 0) is 24.6 Å². The zero-order chi connectivity index (χ0) is 13.0. The van der Waals surface area contributed by atoms with Crippen LogP contribution in [0.2, 0.25) is 0 Å². The summed E-state index contributed by atoms with van der Waals surface area (Å²) < 4.78 is 27.5. The van der Waals surface area contributed by atoms with Crippen molar-refractivity contribution in [2.45, 2.75) is 12.5 Å². The van der Waals surface area contributed by atoms with Gasteiger partial charge in [0.25, 0.3) is 0 Å². The highest BCUT2D eigenvalue weighted by molar-refractivity contribution is 9.10. The molecular weight excluding hydrogens is 302 g/mol. The van der Waals surface area contributed by atoms with Crippen LogP contribution in [-0.2, 0) is 0 Å². The quantitative estimate of drug-likeness (QED) is 0.918. The molecule has 0 unspecified atom stereocenters. The van der Waals surface area contributed by atoms with Crippen molar-refractivity contribution in [3.05, 3.63) is 34.1 Å². The second kappa shape index (κ2) is 6.59. The Hall–Kier alpha value is -0.520. The van der Waals surface area contributed by atoms with Crippen LogP contribution in [0.1, 0.15) is 18.0 Å². The SMILES string of the molecule is FCC[C@@H](c1cc(Br)ccc1F)N1CCNCC1. The van der Waals surface area contributed by atoms with Gasteiger partial charge in [0.15, 0.2) is 0 Å². The summed E-state index contributed by atoms with van der Waals surface area (Å²) in [5, 5.41) is 3.25. The Morgan fingerprint density at radius 1 is 1.33 bits per heavy atom. The third kappa shape index (κ3) is 3.28. The standard InChI is InChI=1S/C13H17BrF2N2/c14-10-1-2-12(16)11(9-10)13(3-4-15)18-7-5-17-6-8-18/h1-2,9,13,17H,3-8H2/t13-/m0/s1. The van der Waals surface area contributed by atoms with E-state index in [4.69, 9.17) is 0 Å². The van der Waals surface area contributed by atoms with Crippen LogP contribution in [0.15, 0.2) is 22.7 Å². The maximum atomic E-state index is 13.9. The van der Waals surface area contributed by atoms with Gasteiger partial charge < -0.3 is 5.32 Å². The van der Waals surface area contributed by atoms with Gasteiger partial charge in [-0.15, -0.1) is 0 Å². The number of rotatable bonds is 4. The van der Waals surface area contributed by atoms with Crippen molar-refractivity contribution in [1.29, 1.82) is 0 Å². The Kier molecular flexibility index (Phi) is 5.09. The summed E-state index contributed by atoms with van der Waals surface area (Å²) in [6, 6.07) is 4.70. The molecule has 100 valence electrons. The normalized spacial score (nSPS) is 18.8. The van der Waals surface area contributed by atoms with Gasteiger partial charge in [-0.2, -0.15) is 0 Å². The van der Waals surface area contributed by atoms with Gasteiger partial charge in [-0.3, -0.25) is 9.29 Å². The molecule has 1 N–H and O–H groups in total. The van der Waals surface area contributed by atoms with Crippen molar-refractivity contribution >= 4 is 15.9 Å². The summed E-state index contributed by atoms with van der Waals surface area (Å²) >= 11 is 3.35. The highest BCUT2D eigenvalue weighted by Crippen LogP contribution is 2.29. The monoisotopic (exact) mass is 318 g/mol. The van der Waals surface area contributed by atoms with Crippen molar-refractivity contribution < 1.29 is 8.78 Å². The number of nitrogens with zero attached hydrogens (tertiary/aromatic N) is 1. The number of benzene rings is 1. The van der Waals surface area contributed by atoms with Gasteiger partial charge in [0, 0.05) is 42.3 Å². The van der Waals surface area contributed by atoms with E-state index in [1.54, 1.807) is 12.1 Å². The number of alkyl halides is 1. The van der Waals surface area contributed by atoms with E-state index in [9.17, 15) is 8.78 Å². The van der Waals surface area contributed by atoms with Crippen LogP contribution in [-0.4, -0.2) is 37.8 Å². The average molecular weight is 319 g/mol. The van der Waals surface area contributed by atoms with Gasteiger partial charge in [-0.1, -0.05) is 15.9 Å². The molecule has 0 radical (unpaired) electrons. The highest BCUT2D eigenvalue weighted by Gasteiger charge is 2.24. The zero-order valence-corrected chi connectivity index (χ0v) is 11.7. The number of nitrogens with one attached hydrogen (secondary N) is 1. The third-order valence-corrected chi connectivity index (χ3v) is 3.79. The van der Waals surface area contributed by atoms with Crippen LogP contribution in [0, 0.1) is 5.82 Å². The molecule has 18 heavy (non-hydrogen) atoms. The fraction of sp³-hybridized carbons (Fsp3) is 0.538. The van der Waals surface area contributed by atoms with Crippen LogP contribution >= 0.6 is 15.9 Å². The predicted octanol–water partition coefficient (Wildman–Crippen LogP) is 2.89. The minimum absolute atomic E-state index is 0.172. The summed E-state index contributed by atoms with van der Waals surface area (Å²) in [6.45, 7) is 2.98. The van der Waals surface area contributed by atoms with Crippen molar-refractivity contribution in [3.63, 3.8) is 0 Å². The van der Waals surface area contributed by atoms with Crippen molar-refractivity contribution in [2.75, 3.05) is 32.9 Å². The molecule has 2 nitrogen and oxygen atoms in total. The van der Waals surface area contributed by atoms with E-state index in [2.05, 4.69) is 26.1 Å². The van der Waals surface area contributed by atoms with Crippen LogP contribution < -0.4 is 5.32 Å². The number of halogens is 3. The lowest BCUT2D eigenvalue weighted by Crippen LogP contribution is -2.45. The molecule has 0 amide bonds. The highest BCUT2D eigenvalue weighted by atomic mass is 79.9. The number of hydrogen-bond donors (Lipinski definition) is 1. The maximum Gasteiger partial charge on any atom is 0.128 e. The summed E-state index contributed by atoms with van der Waals surface area (Å²) in [5.74, 6) is -0.254. The average Bonchev–Trinajstić information content (AvgIpc) is 2.40. The van der Waals surface area contributed by atoms with Crippen LogP contribution in [0.3, 0.4) is 0 Å². The molecule has 5 heteroatoms. The van der Waals surface area contributed by atoms with Crippen molar-refractivity contribution in [1.82, 2.24) is 10.2 Å². The van der Waals surface area contributed by atoms with Crippen LogP contribution in [0.4, 0.5) is 8.78 Å². The smallest absolute Gasteiger partial charge is 0.128 e. The molecule has 0 aromatic heterocycles. The first-order valence-corrected chi connectivity index (χ1v) is 6.97. The fourth-order valence-electron chi connectivity index (χ4n) is 2.40. The molecule has 1 aromatic carbocycles. The lowest BCUT2D eigenvalue weighted by Gasteiger charge is -2.35. The minimum atomic E-state index is -0.430. The van der Waals surface area contributed by atoms with Crippen molar-refractivity contribution in [2.24, 2.45) is 0 Å². The van der Waals surface area contributed by atoms with E-state index < -0.39 is 6.67 Å². The van der Waals surface area contributed by atoms with Crippen molar-refractivity contribution in [3.8, 4) is 0 Å². The third-order valence-electron chi connectivity index (χ3n) is 3.29. The summed E-state index contributed by atoms with van der Waals surface area (Å²) in [6.07, 6.45) is 0.341. The first kappa shape index (κ1) is 13.9. The molecule has 2 rings (SSSR count). The Labute approximate surface area is 114 Å². The minimum Gasteiger partial charge on any atom is -0.314 e. The number of hydrogen-bond acceptors (Lipinski definition) is 2. The Bertz CT molecular complexity index is 395. The molecule has 0 saturated carbocycles. The molecule has 1 heterocycles.